The summed E-state index contributed by atoms with van der Waals surface area (Å²) in [6.07, 6.45) is 27.0. The monoisotopic (exact) mass is 582 g/mol. The number of hydrogen-bond acceptors (Lipinski definition) is 2. The zero-order chi connectivity index (χ0) is 30.5. The number of unbranched alkanes of at least 4 members (excludes halogenated alkanes) is 3. The Kier molecular flexibility index (Phi) is 12.3. The first-order valence-corrected chi connectivity index (χ1v) is 19.0. The van der Waals surface area contributed by atoms with Crippen molar-refractivity contribution in [3.8, 4) is 0 Å². The molecule has 0 aromatic carbocycles. The molecule has 0 amide bonds. The summed E-state index contributed by atoms with van der Waals surface area (Å²) < 4.78 is 0. The van der Waals surface area contributed by atoms with Gasteiger partial charge in [0, 0.05) is 6.42 Å². The molecule has 5 fully saturated rings. The fourth-order valence-electron chi connectivity index (χ4n) is 12.1. The van der Waals surface area contributed by atoms with E-state index in [1.165, 1.54) is 44.9 Å². The Bertz CT molecular complexity index is 879. The van der Waals surface area contributed by atoms with Crippen LogP contribution in [-0.2, 0) is 4.79 Å². The number of rotatable bonds is 6. The second-order valence-corrected chi connectivity index (χ2v) is 16.6. The predicted octanol–water partition coefficient (Wildman–Crippen LogP) is 11.0. The molecule has 0 aromatic rings. The molecule has 42 heavy (non-hydrogen) atoms. The maximum atomic E-state index is 9.74. The summed E-state index contributed by atoms with van der Waals surface area (Å²) >= 11 is 0. The standard InChI is InChI=1S/C31H50.C6H13NO.C3H8/c1-6-22-11-13-30(5)24(16-22)8-10-27-26-12-14-31(21(4)28(26)17-29(27)30)18-23-15-19(2)7-9-25(23)20(31)3;7-5-3-1-2-4-6-8;1-3-2/h8,19-23,25-29H,6-7,9-18H2,1-5H3;6H,1-5,7H2;3H2,1-2H3/t19?,20-,21?,22?,23?,25?,26?,27?,28?,29?,30?,31?;;/m1../s1. The predicted molar refractivity (Wildman–Crippen MR) is 181 cm³/mol. The van der Waals surface area contributed by atoms with E-state index in [9.17, 15) is 4.79 Å². The van der Waals surface area contributed by atoms with Gasteiger partial charge in [-0.15, -0.1) is 0 Å². The molecule has 0 aromatic heterocycles. The van der Waals surface area contributed by atoms with Crippen molar-refractivity contribution in [1.29, 1.82) is 0 Å². The summed E-state index contributed by atoms with van der Waals surface area (Å²) in [6, 6.07) is 0. The Hall–Kier alpha value is -0.630. The second-order valence-electron chi connectivity index (χ2n) is 16.6. The van der Waals surface area contributed by atoms with Crippen LogP contribution in [0.2, 0.25) is 0 Å². The van der Waals surface area contributed by atoms with Crippen LogP contribution >= 0.6 is 0 Å². The molecular weight excluding hydrogens is 510 g/mol. The van der Waals surface area contributed by atoms with E-state index in [0.717, 1.165) is 91.3 Å². The van der Waals surface area contributed by atoms with Gasteiger partial charge in [0.1, 0.15) is 6.29 Å². The number of aldehydes is 1. The van der Waals surface area contributed by atoms with Crippen molar-refractivity contribution in [2.45, 2.75) is 158 Å². The Labute approximate surface area is 262 Å². The normalized spacial score (nSPS) is 45.2. The minimum atomic E-state index is 0.559. The van der Waals surface area contributed by atoms with Crippen molar-refractivity contribution in [2.75, 3.05) is 6.54 Å². The van der Waals surface area contributed by atoms with Gasteiger partial charge in [-0.05, 0) is 154 Å². The second kappa shape index (κ2) is 15.1. The van der Waals surface area contributed by atoms with E-state index in [2.05, 4.69) is 54.5 Å². The number of hydrogen-bond donors (Lipinski definition) is 1. The SMILES string of the molecule is CCC.CCC1CCC2(C)C(=CCC3C4CCC5(CC6CC(C)CCC6[C@H]5C)C(C)C4CC32)C1.NCCCCCC=O. The molecule has 2 heteroatoms. The molecule has 6 aliphatic rings. The Morgan fingerprint density at radius 3 is 2.31 bits per heavy atom. The molecular formula is C40H71NO. The third-order valence-electron chi connectivity index (χ3n) is 14.5. The van der Waals surface area contributed by atoms with Crippen LogP contribution in [0.3, 0.4) is 0 Å². The first kappa shape index (κ1) is 34.2. The summed E-state index contributed by atoms with van der Waals surface area (Å²) in [5, 5.41) is 0. The largest absolute Gasteiger partial charge is 0.330 e. The van der Waals surface area contributed by atoms with Gasteiger partial charge >= 0.3 is 0 Å². The highest BCUT2D eigenvalue weighted by Gasteiger charge is 2.63. The molecule has 5 saturated carbocycles. The summed E-state index contributed by atoms with van der Waals surface area (Å²) in [5.41, 5.74) is 8.39. The molecule has 1 spiro atoms. The highest BCUT2D eigenvalue weighted by molar-refractivity contribution is 5.48. The summed E-state index contributed by atoms with van der Waals surface area (Å²) in [5.74, 6) is 10.2. The van der Waals surface area contributed by atoms with E-state index >= 15 is 0 Å². The number of fused-ring (bicyclic) bond motifs is 6. The van der Waals surface area contributed by atoms with Crippen LogP contribution in [0.1, 0.15) is 158 Å². The Balaban J connectivity index is 0.000000318. The fraction of sp³-hybridized carbons (Fsp3) is 0.925. The molecule has 0 radical (unpaired) electrons. The minimum absolute atomic E-state index is 0.559. The molecule has 0 heterocycles. The van der Waals surface area contributed by atoms with Gasteiger partial charge in [-0.25, -0.2) is 0 Å². The van der Waals surface area contributed by atoms with Gasteiger partial charge in [0.05, 0.1) is 0 Å². The van der Waals surface area contributed by atoms with E-state index in [1.54, 1.807) is 38.5 Å². The molecule has 6 aliphatic carbocycles. The third-order valence-corrected chi connectivity index (χ3v) is 14.5. The van der Waals surface area contributed by atoms with Gasteiger partial charge in [-0.3, -0.25) is 0 Å². The number of allylic oxidation sites excluding steroid dienone is 2. The van der Waals surface area contributed by atoms with Crippen LogP contribution in [0, 0.1) is 70.0 Å². The van der Waals surface area contributed by atoms with Crippen LogP contribution in [0.4, 0.5) is 0 Å². The highest BCUT2D eigenvalue weighted by Crippen LogP contribution is 2.71. The van der Waals surface area contributed by atoms with Crippen LogP contribution in [0.25, 0.3) is 0 Å². The topological polar surface area (TPSA) is 43.1 Å². The summed E-state index contributed by atoms with van der Waals surface area (Å²) in [6.45, 7) is 18.1. The van der Waals surface area contributed by atoms with Crippen LogP contribution in [0.5, 0.6) is 0 Å². The number of carbonyl (C=O) groups is 1. The summed E-state index contributed by atoms with van der Waals surface area (Å²) in [4.78, 5) is 9.74. The van der Waals surface area contributed by atoms with Crippen molar-refractivity contribution >= 4 is 6.29 Å². The highest BCUT2D eigenvalue weighted by atomic mass is 16.1. The lowest BCUT2D eigenvalue weighted by Gasteiger charge is -2.51. The zero-order valence-electron chi connectivity index (χ0n) is 29.1. The van der Waals surface area contributed by atoms with E-state index in [-0.39, 0.29) is 0 Å². The van der Waals surface area contributed by atoms with Crippen molar-refractivity contribution in [3.05, 3.63) is 11.6 Å². The lowest BCUT2D eigenvalue weighted by molar-refractivity contribution is -0.107. The molecule has 2 nitrogen and oxygen atoms in total. The fourth-order valence-corrected chi connectivity index (χ4v) is 12.1. The van der Waals surface area contributed by atoms with Crippen LogP contribution in [-0.4, -0.2) is 12.8 Å². The lowest BCUT2D eigenvalue weighted by atomic mass is 9.54. The molecule has 0 saturated heterocycles. The van der Waals surface area contributed by atoms with Gasteiger partial charge in [0.15, 0.2) is 0 Å². The quantitative estimate of drug-likeness (QED) is 0.193. The lowest BCUT2D eigenvalue weighted by Crippen LogP contribution is -2.44. The van der Waals surface area contributed by atoms with Gasteiger partial charge in [-0.2, -0.15) is 0 Å². The maximum Gasteiger partial charge on any atom is 0.119 e. The van der Waals surface area contributed by atoms with Crippen molar-refractivity contribution in [2.24, 2.45) is 75.7 Å². The molecule has 2 N–H and O–H groups in total. The first-order valence-electron chi connectivity index (χ1n) is 19.0. The van der Waals surface area contributed by atoms with Crippen LogP contribution in [0.15, 0.2) is 11.6 Å². The minimum Gasteiger partial charge on any atom is -0.330 e. The van der Waals surface area contributed by atoms with E-state index in [0.29, 0.717) is 17.3 Å². The van der Waals surface area contributed by atoms with Gasteiger partial charge in [0.25, 0.3) is 0 Å². The summed E-state index contributed by atoms with van der Waals surface area (Å²) in [7, 11) is 0. The smallest absolute Gasteiger partial charge is 0.119 e. The van der Waals surface area contributed by atoms with Crippen molar-refractivity contribution in [1.82, 2.24) is 0 Å². The van der Waals surface area contributed by atoms with Gasteiger partial charge < -0.3 is 10.5 Å². The average molecular weight is 582 g/mol. The van der Waals surface area contributed by atoms with Crippen LogP contribution < -0.4 is 5.73 Å². The van der Waals surface area contributed by atoms with Crippen molar-refractivity contribution < 1.29 is 4.79 Å². The number of nitrogens with two attached hydrogens (primary N) is 1. The third kappa shape index (κ3) is 6.65. The van der Waals surface area contributed by atoms with Gasteiger partial charge in [0.2, 0.25) is 0 Å². The molecule has 12 atom stereocenters. The molecule has 6 rings (SSSR count). The Morgan fingerprint density at radius 1 is 0.881 bits per heavy atom. The van der Waals surface area contributed by atoms with E-state index in [1.807, 2.05) is 5.57 Å². The average Bonchev–Trinajstić information content (AvgIpc) is 3.50. The molecule has 242 valence electrons. The van der Waals surface area contributed by atoms with Gasteiger partial charge in [-0.1, -0.05) is 85.8 Å². The van der Waals surface area contributed by atoms with Crippen molar-refractivity contribution in [3.63, 3.8) is 0 Å². The molecule has 0 bridgehead atoms. The molecule has 11 unspecified atom stereocenters. The zero-order valence-corrected chi connectivity index (χ0v) is 29.1. The molecule has 0 aliphatic heterocycles. The maximum absolute atomic E-state index is 9.74. The Morgan fingerprint density at radius 2 is 1.62 bits per heavy atom. The van der Waals surface area contributed by atoms with E-state index < -0.39 is 0 Å². The first-order chi connectivity index (χ1) is 20.2. The van der Waals surface area contributed by atoms with E-state index in [4.69, 9.17) is 5.73 Å². The number of carbonyl (C=O) groups excluding carboxylic acids is 1.